The molecular weight excluding hydrogens is 392 g/mol. The van der Waals surface area contributed by atoms with Crippen molar-refractivity contribution in [2.24, 2.45) is 5.73 Å². The number of anilines is 1. The van der Waals surface area contributed by atoms with Crippen LogP contribution in [0.25, 0.3) is 11.0 Å². The molecule has 1 aliphatic rings. The molecule has 0 bridgehead atoms. The molecule has 8 heteroatoms. The summed E-state index contributed by atoms with van der Waals surface area (Å²) in [6.07, 6.45) is 4.63. The zero-order valence-electron chi connectivity index (χ0n) is 15.2. The minimum Gasteiger partial charge on any atom is -0.365 e. The topological polar surface area (TPSA) is 90.0 Å². The van der Waals surface area contributed by atoms with Gasteiger partial charge < -0.3 is 15.6 Å². The molecule has 0 radical (unpaired) electrons. The van der Waals surface area contributed by atoms with Crippen LogP contribution in [0.15, 0.2) is 42.1 Å². The van der Waals surface area contributed by atoms with Gasteiger partial charge in [-0.25, -0.2) is 4.98 Å². The Morgan fingerprint density at radius 1 is 1.36 bits per heavy atom. The number of imidazole rings is 1. The molecule has 28 heavy (non-hydrogen) atoms. The van der Waals surface area contributed by atoms with Gasteiger partial charge in [0.25, 0.3) is 5.91 Å². The lowest BCUT2D eigenvalue weighted by atomic mass is 10.1. The molecule has 0 unspecified atom stereocenters. The third-order valence-corrected chi connectivity index (χ3v) is 6.87. The molecule has 0 atom stereocenters. The van der Waals surface area contributed by atoms with E-state index in [1.54, 1.807) is 0 Å². The Morgan fingerprint density at radius 2 is 2.18 bits per heavy atom. The van der Waals surface area contributed by atoms with Crippen LogP contribution in [-0.4, -0.2) is 27.1 Å². The van der Waals surface area contributed by atoms with Gasteiger partial charge in [-0.05, 0) is 37.0 Å². The first-order valence-corrected chi connectivity index (χ1v) is 10.8. The number of para-hydroxylation sites is 2. The predicted molar refractivity (Wildman–Crippen MR) is 114 cm³/mol. The third-order valence-electron chi connectivity index (χ3n) is 4.68. The average molecular weight is 413 g/mol. The van der Waals surface area contributed by atoms with Gasteiger partial charge in [-0.1, -0.05) is 30.0 Å². The Labute approximate surface area is 170 Å². The minimum absolute atomic E-state index is 0.176. The number of allylic oxidation sites excluding steroid dienone is 1. The van der Waals surface area contributed by atoms with Crippen LogP contribution in [0.2, 0.25) is 0 Å². The number of aryl methyl sites for hydroxylation is 1. The summed E-state index contributed by atoms with van der Waals surface area (Å²) in [5, 5.41) is 4.21. The summed E-state index contributed by atoms with van der Waals surface area (Å²) in [7, 11) is 0. The number of nitrogens with one attached hydrogen (secondary N) is 1. The van der Waals surface area contributed by atoms with Crippen LogP contribution in [0.4, 0.5) is 5.00 Å². The van der Waals surface area contributed by atoms with Crippen molar-refractivity contribution in [2.75, 3.05) is 11.1 Å². The van der Waals surface area contributed by atoms with E-state index in [-0.39, 0.29) is 11.7 Å². The molecule has 3 aromatic rings. The van der Waals surface area contributed by atoms with Crippen LogP contribution in [-0.2, 0) is 24.2 Å². The molecule has 144 valence electrons. The van der Waals surface area contributed by atoms with Gasteiger partial charge in [0, 0.05) is 11.4 Å². The Balaban J connectivity index is 1.50. The fourth-order valence-electron chi connectivity index (χ4n) is 3.51. The summed E-state index contributed by atoms with van der Waals surface area (Å²) in [6.45, 7) is 4.42. The van der Waals surface area contributed by atoms with Gasteiger partial charge in [0.2, 0.25) is 5.91 Å². The van der Waals surface area contributed by atoms with Gasteiger partial charge >= 0.3 is 0 Å². The number of hydrogen-bond acceptors (Lipinski definition) is 5. The summed E-state index contributed by atoms with van der Waals surface area (Å²) >= 11 is 2.83. The Hall–Kier alpha value is -2.58. The molecule has 0 aliphatic heterocycles. The number of rotatable bonds is 7. The molecule has 1 aromatic carbocycles. The van der Waals surface area contributed by atoms with E-state index < -0.39 is 5.91 Å². The summed E-state index contributed by atoms with van der Waals surface area (Å²) in [4.78, 5) is 30.2. The third kappa shape index (κ3) is 3.45. The quantitative estimate of drug-likeness (QED) is 0.458. The number of benzene rings is 1. The van der Waals surface area contributed by atoms with E-state index in [4.69, 9.17) is 5.73 Å². The van der Waals surface area contributed by atoms with Gasteiger partial charge in [-0.15, -0.1) is 17.9 Å². The molecule has 0 saturated heterocycles. The van der Waals surface area contributed by atoms with Crippen LogP contribution in [0.3, 0.4) is 0 Å². The second kappa shape index (κ2) is 7.81. The number of hydrogen-bond donors (Lipinski definition) is 2. The Kier molecular flexibility index (Phi) is 5.23. The van der Waals surface area contributed by atoms with Crippen molar-refractivity contribution in [2.45, 2.75) is 31.0 Å². The van der Waals surface area contributed by atoms with E-state index in [0.717, 1.165) is 45.9 Å². The zero-order valence-corrected chi connectivity index (χ0v) is 16.9. The molecule has 4 rings (SSSR count). The molecule has 2 heterocycles. The first kappa shape index (κ1) is 18.8. The molecule has 0 spiro atoms. The summed E-state index contributed by atoms with van der Waals surface area (Å²) < 4.78 is 2.04. The molecule has 3 N–H and O–H groups in total. The number of thiophene rings is 1. The lowest BCUT2D eigenvalue weighted by molar-refractivity contribution is -0.113. The van der Waals surface area contributed by atoms with E-state index in [0.29, 0.717) is 17.1 Å². The highest BCUT2D eigenvalue weighted by Crippen LogP contribution is 2.39. The van der Waals surface area contributed by atoms with Gasteiger partial charge in [-0.3, -0.25) is 9.59 Å². The number of aromatic nitrogens is 2. The first-order chi connectivity index (χ1) is 13.6. The Bertz CT molecular complexity index is 1080. The van der Waals surface area contributed by atoms with E-state index in [1.807, 2.05) is 34.9 Å². The first-order valence-electron chi connectivity index (χ1n) is 9.01. The number of nitrogens with zero attached hydrogens (tertiary/aromatic N) is 2. The molecule has 2 aromatic heterocycles. The van der Waals surface area contributed by atoms with Crippen molar-refractivity contribution < 1.29 is 9.59 Å². The van der Waals surface area contributed by atoms with E-state index in [2.05, 4.69) is 16.9 Å². The second-order valence-electron chi connectivity index (χ2n) is 6.54. The fourth-order valence-corrected chi connectivity index (χ4v) is 5.65. The highest BCUT2D eigenvalue weighted by Gasteiger charge is 2.26. The van der Waals surface area contributed by atoms with Crippen molar-refractivity contribution >= 4 is 50.9 Å². The fraction of sp³-hybridized carbons (Fsp3) is 0.250. The minimum atomic E-state index is -0.477. The standard InChI is InChI=1S/C20H20N4O2S2/c1-2-10-24-14-8-4-3-7-13(14)22-20(24)27-11-16(25)23-19-17(18(21)26)12-6-5-9-15(12)28-19/h2-4,7-8H,1,5-6,9-11H2,(H2,21,26)(H,23,25). The van der Waals surface area contributed by atoms with Crippen LogP contribution in [0.5, 0.6) is 0 Å². The zero-order chi connectivity index (χ0) is 19.7. The van der Waals surface area contributed by atoms with E-state index in [1.165, 1.54) is 23.1 Å². The monoisotopic (exact) mass is 412 g/mol. The van der Waals surface area contributed by atoms with Gasteiger partial charge in [0.05, 0.1) is 22.3 Å². The van der Waals surface area contributed by atoms with Crippen molar-refractivity contribution in [3.8, 4) is 0 Å². The van der Waals surface area contributed by atoms with Gasteiger partial charge in [0.15, 0.2) is 5.16 Å². The number of carbonyl (C=O) groups is 2. The van der Waals surface area contributed by atoms with Crippen molar-refractivity contribution in [1.29, 1.82) is 0 Å². The van der Waals surface area contributed by atoms with E-state index in [9.17, 15) is 9.59 Å². The highest BCUT2D eigenvalue weighted by molar-refractivity contribution is 7.99. The highest BCUT2D eigenvalue weighted by atomic mass is 32.2. The number of fused-ring (bicyclic) bond motifs is 2. The normalized spacial score (nSPS) is 12.9. The lowest BCUT2D eigenvalue weighted by Gasteiger charge is -2.07. The molecule has 6 nitrogen and oxygen atoms in total. The SMILES string of the molecule is C=CCn1c(SCC(=O)Nc2sc3c(c2C(N)=O)CCC3)nc2ccccc21. The number of primary amides is 1. The van der Waals surface area contributed by atoms with Crippen molar-refractivity contribution in [3.63, 3.8) is 0 Å². The maximum atomic E-state index is 12.5. The summed E-state index contributed by atoms with van der Waals surface area (Å²) in [5.41, 5.74) is 8.94. The summed E-state index contributed by atoms with van der Waals surface area (Å²) in [5.74, 6) is -0.457. The summed E-state index contributed by atoms with van der Waals surface area (Å²) in [6, 6.07) is 7.86. The lowest BCUT2D eigenvalue weighted by Crippen LogP contribution is -2.19. The number of nitrogens with two attached hydrogens (primary N) is 1. The molecular formula is C20H20N4O2S2. The van der Waals surface area contributed by atoms with E-state index >= 15 is 0 Å². The molecule has 0 fully saturated rings. The Morgan fingerprint density at radius 3 is 2.96 bits per heavy atom. The maximum Gasteiger partial charge on any atom is 0.251 e. The predicted octanol–water partition coefficient (Wildman–Crippen LogP) is 3.60. The number of amides is 2. The van der Waals surface area contributed by atoms with Crippen LogP contribution in [0.1, 0.15) is 27.2 Å². The number of thioether (sulfide) groups is 1. The maximum absolute atomic E-state index is 12.5. The largest absolute Gasteiger partial charge is 0.365 e. The van der Waals surface area contributed by atoms with Crippen LogP contribution in [0, 0.1) is 0 Å². The van der Waals surface area contributed by atoms with Crippen molar-refractivity contribution in [1.82, 2.24) is 9.55 Å². The van der Waals surface area contributed by atoms with Crippen LogP contribution < -0.4 is 11.1 Å². The van der Waals surface area contributed by atoms with Gasteiger partial charge in [0.1, 0.15) is 5.00 Å². The van der Waals surface area contributed by atoms with Crippen LogP contribution >= 0.6 is 23.1 Å². The second-order valence-corrected chi connectivity index (χ2v) is 8.59. The van der Waals surface area contributed by atoms with Gasteiger partial charge in [-0.2, -0.15) is 0 Å². The smallest absolute Gasteiger partial charge is 0.251 e. The molecule has 2 amide bonds. The average Bonchev–Trinajstić information content (AvgIpc) is 3.33. The number of carbonyl (C=O) groups excluding carboxylic acids is 2. The van der Waals surface area contributed by atoms with Crippen molar-refractivity contribution in [3.05, 3.63) is 52.9 Å². The molecule has 0 saturated carbocycles. The molecule has 1 aliphatic carbocycles.